The summed E-state index contributed by atoms with van der Waals surface area (Å²) in [6, 6.07) is 10.9. The highest BCUT2D eigenvalue weighted by Gasteiger charge is 2.33. The van der Waals surface area contributed by atoms with Gasteiger partial charge in [0.2, 0.25) is 10.0 Å². The largest absolute Gasteiger partial charge is 0.487 e. The highest BCUT2D eigenvalue weighted by atomic mass is 32.2. The highest BCUT2D eigenvalue weighted by Crippen LogP contribution is 2.25. The van der Waals surface area contributed by atoms with Crippen molar-refractivity contribution in [3.63, 3.8) is 0 Å². The lowest BCUT2D eigenvalue weighted by Crippen LogP contribution is -2.32. The molecule has 0 radical (unpaired) electrons. The third kappa shape index (κ3) is 3.30. The molecule has 136 valence electrons. The number of pyridine rings is 1. The molecule has 0 saturated carbocycles. The van der Waals surface area contributed by atoms with Crippen LogP contribution < -0.4 is 4.74 Å². The van der Waals surface area contributed by atoms with E-state index in [0.717, 1.165) is 11.1 Å². The van der Waals surface area contributed by atoms with E-state index in [9.17, 15) is 8.42 Å². The van der Waals surface area contributed by atoms with Crippen molar-refractivity contribution < 1.29 is 17.7 Å². The molecule has 8 heteroatoms. The number of fused-ring (bicyclic) bond motifs is 1. The fourth-order valence-electron chi connectivity index (χ4n) is 3.13. The number of benzene rings is 1. The fraction of sp³-hybridized carbons (Fsp3) is 0.333. The van der Waals surface area contributed by atoms with Gasteiger partial charge >= 0.3 is 0 Å². The second-order valence-electron chi connectivity index (χ2n) is 6.36. The topological polar surface area (TPSA) is 85.5 Å². The van der Waals surface area contributed by atoms with Crippen LogP contribution in [0.4, 0.5) is 0 Å². The first-order valence-corrected chi connectivity index (χ1v) is 10.0. The number of para-hydroxylation sites is 1. The molecule has 1 atom stereocenters. The van der Waals surface area contributed by atoms with E-state index in [4.69, 9.17) is 9.26 Å². The molecule has 0 N–H and O–H groups in total. The summed E-state index contributed by atoms with van der Waals surface area (Å²) in [5, 5.41) is 4.66. The molecule has 1 aliphatic heterocycles. The van der Waals surface area contributed by atoms with Crippen LogP contribution in [-0.4, -0.2) is 42.1 Å². The predicted molar refractivity (Wildman–Crippen MR) is 96.2 cm³/mol. The van der Waals surface area contributed by atoms with Crippen molar-refractivity contribution in [3.05, 3.63) is 54.0 Å². The minimum absolute atomic E-state index is 0.178. The SMILES string of the molecule is Cc1ncccc1O[C@H]1CCN(S(=O)(=O)Cc2noc3ccccc23)C1. The molecule has 2 aromatic heterocycles. The van der Waals surface area contributed by atoms with E-state index in [2.05, 4.69) is 10.1 Å². The molecule has 0 amide bonds. The first-order chi connectivity index (χ1) is 12.5. The summed E-state index contributed by atoms with van der Waals surface area (Å²) < 4.78 is 38.2. The van der Waals surface area contributed by atoms with Crippen LogP contribution in [0, 0.1) is 6.92 Å². The summed E-state index contributed by atoms with van der Waals surface area (Å²) >= 11 is 0. The normalized spacial score (nSPS) is 18.4. The lowest BCUT2D eigenvalue weighted by atomic mass is 10.2. The molecule has 0 bridgehead atoms. The quantitative estimate of drug-likeness (QED) is 0.683. The van der Waals surface area contributed by atoms with Crippen LogP contribution in [0.25, 0.3) is 11.0 Å². The van der Waals surface area contributed by atoms with E-state index < -0.39 is 10.0 Å². The second kappa shape index (κ2) is 6.69. The standard InChI is InChI=1S/C18H19N3O4S/c1-13-17(7-4-9-19-13)24-14-8-10-21(11-14)26(22,23)12-16-15-5-2-3-6-18(15)25-20-16/h2-7,9,14H,8,10-12H2,1H3/t14-/m0/s1. The average Bonchev–Trinajstić information content (AvgIpc) is 3.25. The Morgan fingerprint density at radius 3 is 2.96 bits per heavy atom. The Kier molecular flexibility index (Phi) is 4.37. The molecular formula is C18H19N3O4S. The summed E-state index contributed by atoms with van der Waals surface area (Å²) in [7, 11) is -3.49. The molecule has 0 unspecified atom stereocenters. The molecular weight excluding hydrogens is 354 g/mol. The number of aryl methyl sites for hydroxylation is 1. The molecule has 1 fully saturated rings. The number of hydrogen-bond acceptors (Lipinski definition) is 6. The maximum Gasteiger partial charge on any atom is 0.220 e. The maximum absolute atomic E-state index is 12.8. The zero-order chi connectivity index (χ0) is 18.1. The molecule has 1 aliphatic rings. The number of nitrogens with zero attached hydrogens (tertiary/aromatic N) is 3. The van der Waals surface area contributed by atoms with Crippen LogP contribution in [0.2, 0.25) is 0 Å². The molecule has 0 spiro atoms. The van der Waals surface area contributed by atoms with Gasteiger partial charge in [0.25, 0.3) is 0 Å². The van der Waals surface area contributed by atoms with E-state index in [-0.39, 0.29) is 11.9 Å². The van der Waals surface area contributed by atoms with Crippen molar-refractivity contribution in [2.45, 2.75) is 25.2 Å². The zero-order valence-corrected chi connectivity index (χ0v) is 15.1. The van der Waals surface area contributed by atoms with E-state index in [1.54, 1.807) is 12.3 Å². The van der Waals surface area contributed by atoms with Gasteiger partial charge in [-0.15, -0.1) is 0 Å². The Hall–Kier alpha value is -2.45. The minimum Gasteiger partial charge on any atom is -0.487 e. The number of rotatable bonds is 5. The Labute approximate surface area is 151 Å². The minimum atomic E-state index is -3.49. The van der Waals surface area contributed by atoms with Crippen LogP contribution in [0.5, 0.6) is 5.75 Å². The van der Waals surface area contributed by atoms with Crippen LogP contribution in [0.3, 0.4) is 0 Å². The van der Waals surface area contributed by atoms with Crippen molar-refractivity contribution in [2.24, 2.45) is 0 Å². The van der Waals surface area contributed by atoms with Crippen LogP contribution in [0.15, 0.2) is 47.1 Å². The van der Waals surface area contributed by atoms with Gasteiger partial charge in [-0.25, -0.2) is 8.42 Å². The molecule has 1 aromatic carbocycles. The third-order valence-corrected chi connectivity index (χ3v) is 6.28. The first-order valence-electron chi connectivity index (χ1n) is 8.42. The van der Waals surface area contributed by atoms with Crippen LogP contribution >= 0.6 is 0 Å². The van der Waals surface area contributed by atoms with Gasteiger partial charge < -0.3 is 9.26 Å². The fourth-order valence-corrected chi connectivity index (χ4v) is 4.64. The Balaban J connectivity index is 1.46. The molecule has 0 aliphatic carbocycles. The van der Waals surface area contributed by atoms with Crippen LogP contribution in [0.1, 0.15) is 17.8 Å². The van der Waals surface area contributed by atoms with Gasteiger partial charge in [-0.3, -0.25) is 4.98 Å². The lowest BCUT2D eigenvalue weighted by molar-refractivity contribution is 0.213. The zero-order valence-electron chi connectivity index (χ0n) is 14.3. The number of sulfonamides is 1. The van der Waals surface area contributed by atoms with Gasteiger partial charge in [-0.1, -0.05) is 17.3 Å². The van der Waals surface area contributed by atoms with Gasteiger partial charge in [0.1, 0.15) is 23.3 Å². The molecule has 1 saturated heterocycles. The van der Waals surface area contributed by atoms with Crippen molar-refractivity contribution in [2.75, 3.05) is 13.1 Å². The number of hydrogen-bond donors (Lipinski definition) is 0. The monoisotopic (exact) mass is 373 g/mol. The molecule has 3 aromatic rings. The van der Waals surface area contributed by atoms with Crippen molar-refractivity contribution in [1.82, 2.24) is 14.4 Å². The van der Waals surface area contributed by atoms with Gasteiger partial charge in [0, 0.05) is 18.1 Å². The molecule has 26 heavy (non-hydrogen) atoms. The summed E-state index contributed by atoms with van der Waals surface area (Å²) in [5.41, 5.74) is 1.82. The Bertz CT molecular complexity index is 1030. The van der Waals surface area contributed by atoms with E-state index >= 15 is 0 Å². The average molecular weight is 373 g/mol. The second-order valence-corrected chi connectivity index (χ2v) is 8.32. The van der Waals surface area contributed by atoms with E-state index in [0.29, 0.717) is 36.5 Å². The van der Waals surface area contributed by atoms with E-state index in [1.807, 2.05) is 37.3 Å². The molecule has 7 nitrogen and oxygen atoms in total. The van der Waals surface area contributed by atoms with Crippen molar-refractivity contribution in [3.8, 4) is 5.75 Å². The third-order valence-electron chi connectivity index (χ3n) is 4.52. The van der Waals surface area contributed by atoms with Gasteiger partial charge in [-0.2, -0.15) is 4.31 Å². The van der Waals surface area contributed by atoms with Crippen LogP contribution in [-0.2, 0) is 15.8 Å². The molecule has 4 rings (SSSR count). The number of ether oxygens (including phenoxy) is 1. The highest BCUT2D eigenvalue weighted by molar-refractivity contribution is 7.88. The van der Waals surface area contributed by atoms with E-state index in [1.165, 1.54) is 4.31 Å². The van der Waals surface area contributed by atoms with Gasteiger partial charge in [0.05, 0.1) is 12.2 Å². The summed E-state index contributed by atoms with van der Waals surface area (Å²) in [6.07, 6.45) is 2.17. The van der Waals surface area contributed by atoms with Gasteiger partial charge in [0.15, 0.2) is 5.58 Å². The summed E-state index contributed by atoms with van der Waals surface area (Å²) in [5.74, 6) is 0.516. The Morgan fingerprint density at radius 2 is 2.12 bits per heavy atom. The smallest absolute Gasteiger partial charge is 0.220 e. The predicted octanol–water partition coefficient (Wildman–Crippen LogP) is 2.51. The first kappa shape index (κ1) is 17.0. The molecule has 3 heterocycles. The summed E-state index contributed by atoms with van der Waals surface area (Å²) in [6.45, 7) is 2.63. The lowest BCUT2D eigenvalue weighted by Gasteiger charge is -2.17. The van der Waals surface area contributed by atoms with Gasteiger partial charge in [-0.05, 0) is 37.6 Å². The number of aromatic nitrogens is 2. The Morgan fingerprint density at radius 1 is 1.27 bits per heavy atom. The maximum atomic E-state index is 12.8. The van der Waals surface area contributed by atoms with Crippen molar-refractivity contribution >= 4 is 21.0 Å². The van der Waals surface area contributed by atoms with Crippen molar-refractivity contribution in [1.29, 1.82) is 0 Å². The summed E-state index contributed by atoms with van der Waals surface area (Å²) in [4.78, 5) is 4.19.